The first-order valence-electron chi connectivity index (χ1n) is 5.96. The number of imide groups is 1. The highest BCUT2D eigenvalue weighted by Crippen LogP contribution is 2.32. The van der Waals surface area contributed by atoms with Gasteiger partial charge >= 0.3 is 6.03 Å². The highest BCUT2D eigenvalue weighted by Gasteiger charge is 2.44. The van der Waals surface area contributed by atoms with E-state index in [2.05, 4.69) is 0 Å². The summed E-state index contributed by atoms with van der Waals surface area (Å²) >= 11 is 0. The van der Waals surface area contributed by atoms with Crippen molar-refractivity contribution < 1.29 is 14.5 Å². The third kappa shape index (κ3) is 1.92. The Morgan fingerprint density at radius 1 is 1.16 bits per heavy atom. The molecule has 1 saturated heterocycles. The van der Waals surface area contributed by atoms with Gasteiger partial charge in [-0.2, -0.15) is 0 Å². The zero-order valence-corrected chi connectivity index (χ0v) is 9.98. The van der Waals surface area contributed by atoms with Crippen LogP contribution in [-0.2, 0) is 4.79 Å². The second kappa shape index (κ2) is 4.04. The van der Waals surface area contributed by atoms with Gasteiger partial charge in [-0.3, -0.25) is 14.9 Å². The third-order valence-electron chi connectivity index (χ3n) is 3.30. The Balaban J connectivity index is 1.86. The number of nitro groups is 1. The Hall–Kier alpha value is -2.44. The molecular weight excluding hydrogens is 250 g/mol. The van der Waals surface area contributed by atoms with Gasteiger partial charge in [0.15, 0.2) is 0 Å². The van der Waals surface area contributed by atoms with Crippen LogP contribution in [0, 0.1) is 10.1 Å². The van der Waals surface area contributed by atoms with Crippen molar-refractivity contribution in [3.8, 4) is 0 Å². The van der Waals surface area contributed by atoms with E-state index < -0.39 is 4.92 Å². The van der Waals surface area contributed by atoms with Gasteiger partial charge in [0, 0.05) is 18.2 Å². The van der Waals surface area contributed by atoms with E-state index in [0.29, 0.717) is 5.69 Å². The zero-order chi connectivity index (χ0) is 13.6. The number of non-ortho nitro benzene ring substituents is 1. The molecule has 1 saturated carbocycles. The topological polar surface area (TPSA) is 83.8 Å². The van der Waals surface area contributed by atoms with Gasteiger partial charge in [0.25, 0.3) is 11.6 Å². The van der Waals surface area contributed by atoms with E-state index in [4.69, 9.17) is 0 Å². The Morgan fingerprint density at radius 2 is 1.79 bits per heavy atom. The van der Waals surface area contributed by atoms with Crippen molar-refractivity contribution in [1.82, 2.24) is 4.90 Å². The average molecular weight is 261 g/mol. The van der Waals surface area contributed by atoms with Crippen molar-refractivity contribution in [2.24, 2.45) is 0 Å². The summed E-state index contributed by atoms with van der Waals surface area (Å²) in [6.07, 6.45) is 1.88. The molecule has 0 radical (unpaired) electrons. The van der Waals surface area contributed by atoms with Gasteiger partial charge in [0.1, 0.15) is 6.54 Å². The first kappa shape index (κ1) is 11.6. The highest BCUT2D eigenvalue weighted by molar-refractivity contribution is 6.20. The molecule has 1 aromatic carbocycles. The fourth-order valence-corrected chi connectivity index (χ4v) is 2.17. The minimum atomic E-state index is -0.520. The SMILES string of the molecule is O=C1CN(C2CC2)C(=O)N1c1ccc([N+](=O)[O-])cc1. The normalized spacial score (nSPS) is 19.2. The number of carbonyl (C=O) groups is 2. The van der Waals surface area contributed by atoms with E-state index in [1.807, 2.05) is 0 Å². The van der Waals surface area contributed by atoms with Crippen molar-refractivity contribution in [2.75, 3.05) is 11.4 Å². The summed E-state index contributed by atoms with van der Waals surface area (Å²) in [5, 5.41) is 10.6. The highest BCUT2D eigenvalue weighted by atomic mass is 16.6. The maximum Gasteiger partial charge on any atom is 0.332 e. The van der Waals surface area contributed by atoms with Crippen molar-refractivity contribution in [1.29, 1.82) is 0 Å². The van der Waals surface area contributed by atoms with E-state index in [1.54, 1.807) is 4.90 Å². The summed E-state index contributed by atoms with van der Waals surface area (Å²) in [4.78, 5) is 36.7. The lowest BCUT2D eigenvalue weighted by Gasteiger charge is -2.16. The van der Waals surface area contributed by atoms with Crippen molar-refractivity contribution in [3.63, 3.8) is 0 Å². The summed E-state index contributed by atoms with van der Waals surface area (Å²) in [5.41, 5.74) is 0.311. The predicted molar refractivity (Wildman–Crippen MR) is 65.7 cm³/mol. The number of benzene rings is 1. The van der Waals surface area contributed by atoms with Gasteiger partial charge in [-0.25, -0.2) is 9.69 Å². The number of nitrogens with zero attached hydrogens (tertiary/aromatic N) is 3. The number of hydrogen-bond acceptors (Lipinski definition) is 4. The smallest absolute Gasteiger partial charge is 0.312 e. The molecule has 1 heterocycles. The second-order valence-corrected chi connectivity index (χ2v) is 4.64. The molecule has 0 spiro atoms. The molecule has 0 atom stereocenters. The fourth-order valence-electron chi connectivity index (χ4n) is 2.17. The molecule has 0 aromatic heterocycles. The van der Waals surface area contributed by atoms with E-state index in [0.717, 1.165) is 17.7 Å². The Morgan fingerprint density at radius 3 is 2.32 bits per heavy atom. The summed E-state index contributed by atoms with van der Waals surface area (Å²) in [7, 11) is 0. The molecule has 1 aliphatic carbocycles. The van der Waals surface area contributed by atoms with Crippen molar-refractivity contribution in [2.45, 2.75) is 18.9 Å². The van der Waals surface area contributed by atoms with Gasteiger partial charge in [-0.15, -0.1) is 0 Å². The summed E-state index contributed by atoms with van der Waals surface area (Å²) in [6, 6.07) is 5.26. The molecule has 1 aliphatic heterocycles. The Bertz CT molecular complexity index is 565. The van der Waals surface area contributed by atoms with Gasteiger partial charge < -0.3 is 4.90 Å². The number of nitro benzene ring substituents is 1. The lowest BCUT2D eigenvalue weighted by atomic mass is 10.2. The quantitative estimate of drug-likeness (QED) is 0.469. The molecule has 3 amide bonds. The molecule has 7 nitrogen and oxygen atoms in total. The lowest BCUT2D eigenvalue weighted by molar-refractivity contribution is -0.384. The summed E-state index contributed by atoms with van der Waals surface area (Å²) in [5.74, 6) is -0.286. The van der Waals surface area contributed by atoms with Crippen LogP contribution in [0.1, 0.15) is 12.8 Å². The number of rotatable bonds is 3. The molecule has 2 aliphatic rings. The molecule has 19 heavy (non-hydrogen) atoms. The largest absolute Gasteiger partial charge is 0.332 e. The maximum absolute atomic E-state index is 12.1. The number of urea groups is 1. The van der Waals surface area contributed by atoms with Crippen LogP contribution in [-0.4, -0.2) is 34.3 Å². The molecule has 98 valence electrons. The van der Waals surface area contributed by atoms with Gasteiger partial charge in [0.05, 0.1) is 10.6 Å². The fraction of sp³-hybridized carbons (Fsp3) is 0.333. The van der Waals surface area contributed by atoms with E-state index in [1.165, 1.54) is 24.3 Å². The van der Waals surface area contributed by atoms with Crippen LogP contribution in [0.2, 0.25) is 0 Å². The molecule has 0 unspecified atom stereocenters. The molecule has 3 rings (SSSR count). The number of amides is 3. The molecule has 7 heteroatoms. The van der Waals surface area contributed by atoms with Crippen LogP contribution in [0.5, 0.6) is 0 Å². The van der Waals surface area contributed by atoms with Gasteiger partial charge in [-0.1, -0.05) is 0 Å². The van der Waals surface area contributed by atoms with E-state index in [-0.39, 0.29) is 30.2 Å². The standard InChI is InChI=1S/C12H11N3O4/c16-11-7-13(8-1-2-8)12(17)14(11)9-3-5-10(6-4-9)15(18)19/h3-6,8H,1-2,7H2. The average Bonchev–Trinajstić information content (AvgIpc) is 3.17. The first-order valence-corrected chi connectivity index (χ1v) is 5.96. The summed E-state index contributed by atoms with van der Waals surface area (Å²) < 4.78 is 0. The third-order valence-corrected chi connectivity index (χ3v) is 3.30. The van der Waals surface area contributed by atoms with Crippen molar-refractivity contribution in [3.05, 3.63) is 34.4 Å². The number of carbonyl (C=O) groups excluding carboxylic acids is 2. The predicted octanol–water partition coefficient (Wildman–Crippen LogP) is 1.53. The Kier molecular flexibility index (Phi) is 2.48. The first-order chi connectivity index (χ1) is 9.08. The minimum Gasteiger partial charge on any atom is -0.312 e. The van der Waals surface area contributed by atoms with Crippen LogP contribution in [0.25, 0.3) is 0 Å². The molecular formula is C12H11N3O4. The molecule has 1 aromatic rings. The zero-order valence-electron chi connectivity index (χ0n) is 9.98. The number of anilines is 1. The summed E-state index contributed by atoms with van der Waals surface area (Å²) in [6.45, 7) is 0.0977. The van der Waals surface area contributed by atoms with Crippen LogP contribution < -0.4 is 4.90 Å². The molecule has 0 bridgehead atoms. The van der Waals surface area contributed by atoms with Gasteiger partial charge in [0.2, 0.25) is 0 Å². The van der Waals surface area contributed by atoms with Crippen LogP contribution in [0.4, 0.5) is 16.2 Å². The van der Waals surface area contributed by atoms with Crippen molar-refractivity contribution >= 4 is 23.3 Å². The van der Waals surface area contributed by atoms with Crippen LogP contribution in [0.3, 0.4) is 0 Å². The van der Waals surface area contributed by atoms with Gasteiger partial charge in [-0.05, 0) is 25.0 Å². The lowest BCUT2D eigenvalue weighted by Crippen LogP contribution is -2.34. The van der Waals surface area contributed by atoms with Crippen LogP contribution in [0.15, 0.2) is 24.3 Å². The van der Waals surface area contributed by atoms with Crippen LogP contribution >= 0.6 is 0 Å². The number of hydrogen-bond donors (Lipinski definition) is 0. The van der Waals surface area contributed by atoms with E-state index >= 15 is 0 Å². The monoisotopic (exact) mass is 261 g/mol. The molecule has 0 N–H and O–H groups in total. The maximum atomic E-state index is 12.1. The second-order valence-electron chi connectivity index (χ2n) is 4.64. The van der Waals surface area contributed by atoms with E-state index in [9.17, 15) is 19.7 Å². The molecule has 2 fully saturated rings. The minimum absolute atomic E-state index is 0.0677. The Labute approximate surface area is 108 Å².